The number of anilines is 1. The highest BCUT2D eigenvalue weighted by Crippen LogP contribution is 2.31. The summed E-state index contributed by atoms with van der Waals surface area (Å²) in [6.45, 7) is 6.44. The Bertz CT molecular complexity index is 627. The lowest BCUT2D eigenvalue weighted by Gasteiger charge is -2.24. The molecule has 1 aliphatic heterocycles. The summed E-state index contributed by atoms with van der Waals surface area (Å²) in [5.41, 5.74) is 11.7. The summed E-state index contributed by atoms with van der Waals surface area (Å²) in [5, 5.41) is 4.87. The Balaban J connectivity index is 2.16. The van der Waals surface area contributed by atoms with E-state index in [1.165, 1.54) is 11.3 Å². The van der Waals surface area contributed by atoms with Crippen molar-refractivity contribution in [2.24, 2.45) is 0 Å². The molecule has 0 spiro atoms. The Labute approximate surface area is 120 Å². The first-order chi connectivity index (χ1) is 9.56. The Morgan fingerprint density at radius 1 is 1.30 bits per heavy atom. The number of nitrogens with zero attached hydrogens (tertiary/aromatic N) is 3. The standard InChI is InChI=1S/C16H22N4/c1-11(2)20-15-7-8-19(3)10-14(15)16(18-20)12-5-4-6-13(17)9-12/h4-6,9,11H,7-8,10,17H2,1-3H3. The molecular weight excluding hydrogens is 248 g/mol. The van der Waals surface area contributed by atoms with Gasteiger partial charge in [-0.15, -0.1) is 0 Å². The number of hydrogen-bond donors (Lipinski definition) is 1. The first-order valence-electron chi connectivity index (χ1n) is 7.21. The van der Waals surface area contributed by atoms with E-state index in [4.69, 9.17) is 10.8 Å². The van der Waals surface area contributed by atoms with Crippen LogP contribution < -0.4 is 5.73 Å². The summed E-state index contributed by atoms with van der Waals surface area (Å²) < 4.78 is 2.18. The molecule has 2 aromatic rings. The van der Waals surface area contributed by atoms with Crippen molar-refractivity contribution in [1.82, 2.24) is 14.7 Å². The molecule has 0 fully saturated rings. The third kappa shape index (κ3) is 2.20. The van der Waals surface area contributed by atoms with Crippen LogP contribution in [0.25, 0.3) is 11.3 Å². The maximum atomic E-state index is 5.92. The second-order valence-electron chi connectivity index (χ2n) is 5.93. The van der Waals surface area contributed by atoms with Gasteiger partial charge in [0.25, 0.3) is 0 Å². The summed E-state index contributed by atoms with van der Waals surface area (Å²) in [6.07, 6.45) is 1.07. The number of fused-ring (bicyclic) bond motifs is 1. The van der Waals surface area contributed by atoms with Gasteiger partial charge in [-0.1, -0.05) is 12.1 Å². The highest BCUT2D eigenvalue weighted by atomic mass is 15.3. The minimum absolute atomic E-state index is 0.391. The molecule has 20 heavy (non-hydrogen) atoms. The normalized spacial score (nSPS) is 15.6. The van der Waals surface area contributed by atoms with Crippen LogP contribution in [0.4, 0.5) is 5.69 Å². The van der Waals surface area contributed by atoms with Crippen molar-refractivity contribution in [3.8, 4) is 11.3 Å². The first-order valence-corrected chi connectivity index (χ1v) is 7.21. The maximum Gasteiger partial charge on any atom is 0.0972 e. The summed E-state index contributed by atoms with van der Waals surface area (Å²) in [7, 11) is 2.17. The van der Waals surface area contributed by atoms with Gasteiger partial charge in [0.15, 0.2) is 0 Å². The second-order valence-corrected chi connectivity index (χ2v) is 5.93. The lowest BCUT2D eigenvalue weighted by atomic mass is 10.0. The van der Waals surface area contributed by atoms with Crippen molar-refractivity contribution < 1.29 is 0 Å². The van der Waals surface area contributed by atoms with E-state index < -0.39 is 0 Å². The Kier molecular flexibility index (Phi) is 3.26. The molecule has 1 aromatic carbocycles. The van der Waals surface area contributed by atoms with Crippen LogP contribution >= 0.6 is 0 Å². The highest BCUT2D eigenvalue weighted by molar-refractivity contribution is 5.68. The number of nitrogens with two attached hydrogens (primary N) is 1. The smallest absolute Gasteiger partial charge is 0.0972 e. The Hall–Kier alpha value is -1.81. The van der Waals surface area contributed by atoms with E-state index in [0.29, 0.717) is 6.04 Å². The van der Waals surface area contributed by atoms with E-state index in [9.17, 15) is 0 Å². The minimum atomic E-state index is 0.391. The zero-order valence-corrected chi connectivity index (χ0v) is 12.4. The summed E-state index contributed by atoms with van der Waals surface area (Å²) in [6, 6.07) is 8.42. The molecule has 106 valence electrons. The predicted molar refractivity (Wildman–Crippen MR) is 82.5 cm³/mol. The van der Waals surface area contributed by atoms with Gasteiger partial charge in [-0.05, 0) is 33.0 Å². The molecule has 2 N–H and O–H groups in total. The Morgan fingerprint density at radius 2 is 2.10 bits per heavy atom. The summed E-state index contributed by atoms with van der Waals surface area (Å²) in [5.74, 6) is 0. The number of aromatic nitrogens is 2. The number of rotatable bonds is 2. The third-order valence-electron chi connectivity index (χ3n) is 3.93. The molecule has 2 heterocycles. The SMILES string of the molecule is CC(C)n1nc(-c2cccc(N)c2)c2c1CCN(C)C2. The molecule has 1 aromatic heterocycles. The van der Waals surface area contributed by atoms with Gasteiger partial charge >= 0.3 is 0 Å². The van der Waals surface area contributed by atoms with Gasteiger partial charge in [-0.2, -0.15) is 5.10 Å². The molecule has 0 unspecified atom stereocenters. The van der Waals surface area contributed by atoms with Crippen molar-refractivity contribution in [2.45, 2.75) is 32.9 Å². The molecule has 0 saturated heterocycles. The number of benzene rings is 1. The van der Waals surface area contributed by atoms with Crippen molar-refractivity contribution in [3.63, 3.8) is 0 Å². The molecular formula is C16H22N4. The molecule has 1 aliphatic rings. The number of likely N-dealkylation sites (N-methyl/N-ethyl adjacent to an activating group) is 1. The molecule has 4 heteroatoms. The lowest BCUT2D eigenvalue weighted by molar-refractivity contribution is 0.305. The quantitative estimate of drug-likeness (QED) is 0.854. The van der Waals surface area contributed by atoms with Gasteiger partial charge in [0.05, 0.1) is 5.69 Å². The van der Waals surface area contributed by atoms with Crippen LogP contribution in [-0.2, 0) is 13.0 Å². The molecule has 0 saturated carbocycles. The fourth-order valence-electron chi connectivity index (χ4n) is 2.93. The van der Waals surface area contributed by atoms with Gasteiger partial charge in [-0.3, -0.25) is 4.68 Å². The van der Waals surface area contributed by atoms with E-state index in [1.54, 1.807) is 0 Å². The minimum Gasteiger partial charge on any atom is -0.399 e. The van der Waals surface area contributed by atoms with Gasteiger partial charge in [-0.25, -0.2) is 0 Å². The molecule has 0 amide bonds. The van der Waals surface area contributed by atoms with E-state index >= 15 is 0 Å². The van der Waals surface area contributed by atoms with Crippen LogP contribution in [0.2, 0.25) is 0 Å². The molecule has 3 rings (SSSR count). The van der Waals surface area contributed by atoms with Gasteiger partial charge < -0.3 is 10.6 Å². The maximum absolute atomic E-state index is 5.92. The van der Waals surface area contributed by atoms with Crippen LogP contribution in [0.3, 0.4) is 0 Å². The molecule has 4 nitrogen and oxygen atoms in total. The summed E-state index contributed by atoms with van der Waals surface area (Å²) >= 11 is 0. The average molecular weight is 270 g/mol. The fourth-order valence-corrected chi connectivity index (χ4v) is 2.93. The molecule has 0 bridgehead atoms. The van der Waals surface area contributed by atoms with E-state index in [-0.39, 0.29) is 0 Å². The van der Waals surface area contributed by atoms with Gasteiger partial charge in [0.2, 0.25) is 0 Å². The monoisotopic (exact) mass is 270 g/mol. The second kappa shape index (κ2) is 4.94. The zero-order chi connectivity index (χ0) is 14.3. The van der Waals surface area contributed by atoms with Crippen LogP contribution in [0.1, 0.15) is 31.1 Å². The topological polar surface area (TPSA) is 47.1 Å². The number of hydrogen-bond acceptors (Lipinski definition) is 3. The van der Waals surface area contributed by atoms with Crippen LogP contribution in [0.5, 0.6) is 0 Å². The van der Waals surface area contributed by atoms with E-state index in [2.05, 4.69) is 36.5 Å². The van der Waals surface area contributed by atoms with Gasteiger partial charge in [0.1, 0.15) is 0 Å². The van der Waals surface area contributed by atoms with Crippen LogP contribution in [0, 0.1) is 0 Å². The van der Waals surface area contributed by atoms with E-state index in [1.807, 2.05) is 18.2 Å². The zero-order valence-electron chi connectivity index (χ0n) is 12.4. The molecule has 0 radical (unpaired) electrons. The molecule has 0 aliphatic carbocycles. The largest absolute Gasteiger partial charge is 0.399 e. The van der Waals surface area contributed by atoms with E-state index in [0.717, 1.165) is 36.5 Å². The van der Waals surface area contributed by atoms with Crippen molar-refractivity contribution in [3.05, 3.63) is 35.5 Å². The van der Waals surface area contributed by atoms with Crippen molar-refractivity contribution >= 4 is 5.69 Å². The average Bonchev–Trinajstić information content (AvgIpc) is 2.77. The third-order valence-corrected chi connectivity index (χ3v) is 3.93. The molecule has 0 atom stereocenters. The lowest BCUT2D eigenvalue weighted by Crippen LogP contribution is -2.27. The highest BCUT2D eigenvalue weighted by Gasteiger charge is 2.24. The van der Waals surface area contributed by atoms with Crippen LogP contribution in [-0.4, -0.2) is 28.3 Å². The predicted octanol–water partition coefficient (Wildman–Crippen LogP) is 2.70. The van der Waals surface area contributed by atoms with Gasteiger partial charge in [0, 0.05) is 48.1 Å². The summed E-state index contributed by atoms with van der Waals surface area (Å²) in [4.78, 5) is 2.35. The van der Waals surface area contributed by atoms with Crippen LogP contribution in [0.15, 0.2) is 24.3 Å². The fraction of sp³-hybridized carbons (Fsp3) is 0.438. The van der Waals surface area contributed by atoms with Crippen molar-refractivity contribution in [2.75, 3.05) is 19.3 Å². The first kappa shape index (κ1) is 13.2. The van der Waals surface area contributed by atoms with Crippen molar-refractivity contribution in [1.29, 1.82) is 0 Å². The Morgan fingerprint density at radius 3 is 2.80 bits per heavy atom. The number of nitrogen functional groups attached to an aromatic ring is 1.